The Morgan fingerprint density at radius 3 is 2.68 bits per heavy atom. The second-order valence-corrected chi connectivity index (χ2v) is 4.78. The maximum Gasteiger partial charge on any atom is 0.416 e. The van der Waals surface area contributed by atoms with Gasteiger partial charge in [0.25, 0.3) is 0 Å². The van der Waals surface area contributed by atoms with Crippen molar-refractivity contribution in [3.05, 3.63) is 34.1 Å². The van der Waals surface area contributed by atoms with E-state index in [1.54, 1.807) is 0 Å². The molecule has 0 unspecified atom stereocenters. The summed E-state index contributed by atoms with van der Waals surface area (Å²) in [5.41, 5.74) is -0.452. The second kappa shape index (κ2) is 5.28. The van der Waals surface area contributed by atoms with Crippen LogP contribution in [0.5, 0.6) is 0 Å². The number of nitrogens with zero attached hydrogens (tertiary/aromatic N) is 4. The molecule has 0 aliphatic rings. The Bertz CT molecular complexity index is 580. The number of tetrazole rings is 1. The maximum atomic E-state index is 12.7. The molecule has 1 heterocycles. The summed E-state index contributed by atoms with van der Waals surface area (Å²) in [5, 5.41) is 11.1. The summed E-state index contributed by atoms with van der Waals surface area (Å²) in [4.78, 5) is 0. The molecule has 0 fully saturated rings. The summed E-state index contributed by atoms with van der Waals surface area (Å²) in [7, 11) is 0. The molecule has 0 N–H and O–H groups in total. The SMILES string of the molecule is CCCc1nnnn1-c1cc(C(F)(F)F)ccc1Br. The standard InChI is InChI=1S/C11H10BrF3N4/c1-2-3-10-16-17-18-19(10)9-6-7(11(13,14)15)4-5-8(9)12/h4-6H,2-3H2,1H3. The molecule has 4 nitrogen and oxygen atoms in total. The molecular weight excluding hydrogens is 325 g/mol. The number of hydrogen-bond donors (Lipinski definition) is 0. The molecule has 2 aromatic rings. The van der Waals surface area contributed by atoms with Crippen LogP contribution in [0.3, 0.4) is 0 Å². The van der Waals surface area contributed by atoms with Gasteiger partial charge in [-0.25, -0.2) is 0 Å². The fourth-order valence-electron chi connectivity index (χ4n) is 1.62. The smallest absolute Gasteiger partial charge is 0.196 e. The van der Waals surface area contributed by atoms with Crippen molar-refractivity contribution in [3.8, 4) is 5.69 Å². The minimum absolute atomic E-state index is 0.281. The normalized spacial score (nSPS) is 11.8. The minimum Gasteiger partial charge on any atom is -0.196 e. The summed E-state index contributed by atoms with van der Waals surface area (Å²) in [6.45, 7) is 1.94. The molecular formula is C11H10BrF3N4. The van der Waals surface area contributed by atoms with Gasteiger partial charge in [-0.05, 0) is 51.0 Å². The second-order valence-electron chi connectivity index (χ2n) is 3.92. The van der Waals surface area contributed by atoms with Gasteiger partial charge >= 0.3 is 6.18 Å². The fourth-order valence-corrected chi connectivity index (χ4v) is 2.04. The summed E-state index contributed by atoms with van der Waals surface area (Å²) >= 11 is 3.22. The lowest BCUT2D eigenvalue weighted by atomic mass is 10.2. The lowest BCUT2D eigenvalue weighted by Gasteiger charge is -2.11. The van der Waals surface area contributed by atoms with E-state index in [1.807, 2.05) is 6.92 Å². The monoisotopic (exact) mass is 334 g/mol. The van der Waals surface area contributed by atoms with Crippen LogP contribution in [0.25, 0.3) is 5.69 Å². The number of halogens is 4. The summed E-state index contributed by atoms with van der Waals surface area (Å²) < 4.78 is 40.0. The van der Waals surface area contributed by atoms with Gasteiger partial charge in [0.15, 0.2) is 5.82 Å². The maximum absolute atomic E-state index is 12.7. The third-order valence-electron chi connectivity index (χ3n) is 2.51. The van der Waals surface area contributed by atoms with Crippen molar-refractivity contribution in [1.29, 1.82) is 0 Å². The van der Waals surface area contributed by atoms with E-state index in [0.29, 0.717) is 16.7 Å². The van der Waals surface area contributed by atoms with Gasteiger partial charge in [0, 0.05) is 10.9 Å². The van der Waals surface area contributed by atoms with Crippen molar-refractivity contribution in [2.75, 3.05) is 0 Å². The molecule has 0 radical (unpaired) electrons. The topological polar surface area (TPSA) is 43.6 Å². The average Bonchev–Trinajstić information content (AvgIpc) is 2.77. The van der Waals surface area contributed by atoms with E-state index in [1.165, 1.54) is 10.7 Å². The van der Waals surface area contributed by atoms with Gasteiger partial charge in [0.2, 0.25) is 0 Å². The van der Waals surface area contributed by atoms with Crippen LogP contribution in [0, 0.1) is 0 Å². The highest BCUT2D eigenvalue weighted by atomic mass is 79.9. The molecule has 19 heavy (non-hydrogen) atoms. The summed E-state index contributed by atoms with van der Waals surface area (Å²) in [6, 6.07) is 3.38. The van der Waals surface area contributed by atoms with Crippen LogP contribution in [0.15, 0.2) is 22.7 Å². The first-order valence-electron chi connectivity index (χ1n) is 5.58. The minimum atomic E-state index is -4.39. The number of aromatic nitrogens is 4. The van der Waals surface area contributed by atoms with E-state index < -0.39 is 11.7 Å². The molecule has 0 spiro atoms. The van der Waals surface area contributed by atoms with Crippen LogP contribution in [0.2, 0.25) is 0 Å². The highest BCUT2D eigenvalue weighted by Gasteiger charge is 2.31. The Morgan fingerprint density at radius 1 is 1.32 bits per heavy atom. The quantitative estimate of drug-likeness (QED) is 0.864. The Labute approximate surface area is 115 Å². The van der Waals surface area contributed by atoms with Gasteiger partial charge < -0.3 is 0 Å². The van der Waals surface area contributed by atoms with Crippen LogP contribution < -0.4 is 0 Å². The first-order chi connectivity index (χ1) is 8.93. The number of alkyl halides is 3. The Balaban J connectivity index is 2.52. The lowest BCUT2D eigenvalue weighted by Crippen LogP contribution is -2.09. The van der Waals surface area contributed by atoms with Gasteiger partial charge in [-0.3, -0.25) is 0 Å². The zero-order valence-electron chi connectivity index (χ0n) is 9.95. The van der Waals surface area contributed by atoms with Crippen molar-refractivity contribution in [2.45, 2.75) is 25.9 Å². The van der Waals surface area contributed by atoms with E-state index in [2.05, 4.69) is 31.5 Å². The summed E-state index contributed by atoms with van der Waals surface area (Å²) in [5.74, 6) is 0.530. The Morgan fingerprint density at radius 2 is 2.05 bits per heavy atom. The van der Waals surface area contributed by atoms with Gasteiger partial charge in [-0.1, -0.05) is 6.92 Å². The first kappa shape index (κ1) is 14.0. The average molecular weight is 335 g/mol. The highest BCUT2D eigenvalue weighted by molar-refractivity contribution is 9.10. The predicted octanol–water partition coefficient (Wildman–Crippen LogP) is 3.40. The Kier molecular flexibility index (Phi) is 3.88. The van der Waals surface area contributed by atoms with Gasteiger partial charge in [-0.2, -0.15) is 17.9 Å². The zero-order chi connectivity index (χ0) is 14.0. The molecule has 0 saturated carbocycles. The highest BCUT2D eigenvalue weighted by Crippen LogP contribution is 2.33. The lowest BCUT2D eigenvalue weighted by molar-refractivity contribution is -0.137. The van der Waals surface area contributed by atoms with Crippen molar-refractivity contribution >= 4 is 15.9 Å². The molecule has 0 amide bonds. The molecule has 0 aliphatic heterocycles. The van der Waals surface area contributed by atoms with E-state index in [-0.39, 0.29) is 5.69 Å². The van der Waals surface area contributed by atoms with Crippen LogP contribution in [-0.2, 0) is 12.6 Å². The van der Waals surface area contributed by atoms with E-state index >= 15 is 0 Å². The fraction of sp³-hybridized carbons (Fsp3) is 0.364. The molecule has 1 aromatic carbocycles. The van der Waals surface area contributed by atoms with Crippen LogP contribution in [-0.4, -0.2) is 20.2 Å². The molecule has 0 saturated heterocycles. The van der Waals surface area contributed by atoms with Crippen molar-refractivity contribution in [2.24, 2.45) is 0 Å². The van der Waals surface area contributed by atoms with Crippen LogP contribution in [0.1, 0.15) is 24.7 Å². The van der Waals surface area contributed by atoms with Crippen molar-refractivity contribution in [1.82, 2.24) is 20.2 Å². The molecule has 8 heteroatoms. The largest absolute Gasteiger partial charge is 0.416 e. The number of hydrogen-bond acceptors (Lipinski definition) is 3. The third-order valence-corrected chi connectivity index (χ3v) is 3.18. The Hall–Kier alpha value is -1.44. The molecule has 0 bridgehead atoms. The van der Waals surface area contributed by atoms with Gasteiger partial charge in [0.1, 0.15) is 0 Å². The van der Waals surface area contributed by atoms with Crippen LogP contribution >= 0.6 is 15.9 Å². The zero-order valence-corrected chi connectivity index (χ0v) is 11.5. The molecule has 0 atom stereocenters. The first-order valence-corrected chi connectivity index (χ1v) is 6.37. The van der Waals surface area contributed by atoms with Gasteiger partial charge in [0.05, 0.1) is 11.3 Å². The predicted molar refractivity (Wildman–Crippen MR) is 65.9 cm³/mol. The van der Waals surface area contributed by atoms with Gasteiger partial charge in [-0.15, -0.1) is 5.10 Å². The summed E-state index contributed by atoms with van der Waals surface area (Å²) in [6.07, 6.45) is -3.00. The third kappa shape index (κ3) is 2.94. The van der Waals surface area contributed by atoms with Crippen LogP contribution in [0.4, 0.5) is 13.2 Å². The molecule has 0 aliphatic carbocycles. The van der Waals surface area contributed by atoms with Crippen molar-refractivity contribution < 1.29 is 13.2 Å². The number of benzene rings is 1. The van der Waals surface area contributed by atoms with E-state index in [4.69, 9.17) is 0 Å². The molecule has 102 valence electrons. The van der Waals surface area contributed by atoms with E-state index in [9.17, 15) is 13.2 Å². The molecule has 2 rings (SSSR count). The van der Waals surface area contributed by atoms with Crippen molar-refractivity contribution in [3.63, 3.8) is 0 Å². The van der Waals surface area contributed by atoms with E-state index in [0.717, 1.165) is 18.6 Å². The number of aryl methyl sites for hydroxylation is 1. The number of rotatable bonds is 3. The molecule has 1 aromatic heterocycles.